The number of carbonyl (C=O) groups excluding carboxylic acids is 2. The summed E-state index contributed by atoms with van der Waals surface area (Å²) in [5.74, 6) is -0.0240. The zero-order valence-corrected chi connectivity index (χ0v) is 13.9. The standard InChI is InChI=1S/C18H24N4O2/c23-16-18(8-2-1-3-9-18)20-17(24)22(16)13-21-11-5-7-15(21)14-6-4-10-19-12-14/h4,6,10,12,15H,1-3,5,7-9,11,13H2,(H,20,24). The zero-order chi connectivity index (χ0) is 16.6. The minimum Gasteiger partial charge on any atom is -0.323 e. The molecule has 1 unspecified atom stereocenters. The molecule has 1 spiro atoms. The van der Waals surface area contributed by atoms with E-state index >= 15 is 0 Å². The number of nitrogens with one attached hydrogen (secondary N) is 1. The van der Waals surface area contributed by atoms with Crippen LogP contribution in [0.5, 0.6) is 0 Å². The molecule has 1 aromatic rings. The lowest BCUT2D eigenvalue weighted by Gasteiger charge is -2.31. The number of carbonyl (C=O) groups is 2. The average molecular weight is 328 g/mol. The second kappa shape index (κ2) is 6.16. The third kappa shape index (κ3) is 2.59. The fourth-order valence-corrected chi connectivity index (χ4v) is 4.43. The molecule has 1 aromatic heterocycles. The molecule has 0 aromatic carbocycles. The van der Waals surface area contributed by atoms with Crippen molar-refractivity contribution in [2.45, 2.75) is 56.5 Å². The minimum atomic E-state index is -0.626. The zero-order valence-electron chi connectivity index (χ0n) is 13.9. The SMILES string of the molecule is O=C1NC2(CCCCC2)C(=O)N1CN1CCCC1c1cccnc1. The first-order valence-corrected chi connectivity index (χ1v) is 8.98. The summed E-state index contributed by atoms with van der Waals surface area (Å²) in [6.07, 6.45) is 10.5. The van der Waals surface area contributed by atoms with Crippen LogP contribution in [0, 0.1) is 0 Å². The smallest absolute Gasteiger partial charge is 0.323 e. The maximum Gasteiger partial charge on any atom is 0.326 e. The molecule has 4 rings (SSSR count). The summed E-state index contributed by atoms with van der Waals surface area (Å²) in [5, 5.41) is 3.00. The van der Waals surface area contributed by atoms with Gasteiger partial charge < -0.3 is 5.32 Å². The molecule has 3 aliphatic rings. The molecule has 24 heavy (non-hydrogen) atoms. The van der Waals surface area contributed by atoms with Crippen LogP contribution in [-0.2, 0) is 4.79 Å². The number of aromatic nitrogens is 1. The molecular formula is C18H24N4O2. The summed E-state index contributed by atoms with van der Waals surface area (Å²) in [7, 11) is 0. The minimum absolute atomic E-state index is 0.0240. The van der Waals surface area contributed by atoms with Crippen molar-refractivity contribution in [3.63, 3.8) is 0 Å². The molecule has 3 amide bonds. The van der Waals surface area contributed by atoms with Crippen molar-refractivity contribution in [1.29, 1.82) is 0 Å². The molecule has 1 atom stereocenters. The van der Waals surface area contributed by atoms with Crippen molar-refractivity contribution in [2.75, 3.05) is 13.2 Å². The second-order valence-electron chi connectivity index (χ2n) is 7.20. The van der Waals surface area contributed by atoms with Crippen LogP contribution in [0.15, 0.2) is 24.5 Å². The monoisotopic (exact) mass is 328 g/mol. The fraction of sp³-hybridized carbons (Fsp3) is 0.611. The normalized spacial score (nSPS) is 27.0. The number of hydrogen-bond donors (Lipinski definition) is 1. The lowest BCUT2D eigenvalue weighted by atomic mass is 9.82. The van der Waals surface area contributed by atoms with Crippen molar-refractivity contribution in [2.24, 2.45) is 0 Å². The number of likely N-dealkylation sites (tertiary alicyclic amines) is 1. The van der Waals surface area contributed by atoms with Crippen LogP contribution in [0.1, 0.15) is 56.6 Å². The molecule has 0 radical (unpaired) electrons. The predicted octanol–water partition coefficient (Wildman–Crippen LogP) is 2.43. The Morgan fingerprint density at radius 3 is 2.79 bits per heavy atom. The Morgan fingerprint density at radius 2 is 2.04 bits per heavy atom. The van der Waals surface area contributed by atoms with Crippen molar-refractivity contribution in [3.05, 3.63) is 30.1 Å². The van der Waals surface area contributed by atoms with Crippen molar-refractivity contribution in [3.8, 4) is 0 Å². The summed E-state index contributed by atoms with van der Waals surface area (Å²) in [6, 6.07) is 4.03. The molecule has 3 fully saturated rings. The largest absolute Gasteiger partial charge is 0.326 e. The van der Waals surface area contributed by atoms with E-state index in [9.17, 15) is 9.59 Å². The van der Waals surface area contributed by atoms with Gasteiger partial charge in [0.05, 0.1) is 6.67 Å². The molecule has 1 aliphatic carbocycles. The first kappa shape index (κ1) is 15.6. The summed E-state index contributed by atoms with van der Waals surface area (Å²) in [4.78, 5) is 33.2. The molecule has 3 heterocycles. The van der Waals surface area contributed by atoms with E-state index in [1.165, 1.54) is 4.90 Å². The van der Waals surface area contributed by atoms with E-state index in [0.717, 1.165) is 57.1 Å². The van der Waals surface area contributed by atoms with E-state index in [4.69, 9.17) is 0 Å². The van der Waals surface area contributed by atoms with Gasteiger partial charge in [0.1, 0.15) is 5.54 Å². The highest BCUT2D eigenvalue weighted by atomic mass is 16.2. The highest BCUT2D eigenvalue weighted by molar-refractivity contribution is 6.07. The third-order valence-electron chi connectivity index (χ3n) is 5.71. The molecule has 0 bridgehead atoms. The van der Waals surface area contributed by atoms with Crippen LogP contribution in [0.4, 0.5) is 4.79 Å². The Labute approximate surface area is 142 Å². The first-order chi connectivity index (χ1) is 11.7. The van der Waals surface area contributed by atoms with E-state index in [1.807, 2.05) is 12.3 Å². The Balaban J connectivity index is 1.50. The Bertz CT molecular complexity index is 627. The van der Waals surface area contributed by atoms with Crippen molar-refractivity contribution in [1.82, 2.24) is 20.1 Å². The van der Waals surface area contributed by atoms with E-state index < -0.39 is 5.54 Å². The molecule has 2 saturated heterocycles. The van der Waals surface area contributed by atoms with Crippen LogP contribution in [-0.4, -0.2) is 45.5 Å². The maximum atomic E-state index is 12.9. The van der Waals surface area contributed by atoms with Gasteiger partial charge in [0, 0.05) is 25.0 Å². The third-order valence-corrected chi connectivity index (χ3v) is 5.71. The topological polar surface area (TPSA) is 65.5 Å². The number of rotatable bonds is 3. The van der Waals surface area contributed by atoms with Crippen LogP contribution >= 0.6 is 0 Å². The average Bonchev–Trinajstić information content (AvgIpc) is 3.16. The number of imide groups is 1. The highest BCUT2D eigenvalue weighted by Crippen LogP contribution is 2.36. The molecule has 2 aliphatic heterocycles. The lowest BCUT2D eigenvalue weighted by Crippen LogP contribution is -2.49. The van der Waals surface area contributed by atoms with Crippen LogP contribution in [0.2, 0.25) is 0 Å². The Morgan fingerprint density at radius 1 is 1.21 bits per heavy atom. The van der Waals surface area contributed by atoms with Gasteiger partial charge in [-0.1, -0.05) is 25.3 Å². The molecule has 1 N–H and O–H groups in total. The van der Waals surface area contributed by atoms with Gasteiger partial charge in [0.25, 0.3) is 5.91 Å². The maximum absolute atomic E-state index is 12.9. The number of hydrogen-bond acceptors (Lipinski definition) is 4. The molecule has 1 saturated carbocycles. The summed E-state index contributed by atoms with van der Waals surface area (Å²) < 4.78 is 0. The van der Waals surface area contributed by atoms with Gasteiger partial charge in [-0.25, -0.2) is 9.69 Å². The summed E-state index contributed by atoms with van der Waals surface area (Å²) in [5.41, 5.74) is 0.535. The van der Waals surface area contributed by atoms with E-state index in [-0.39, 0.29) is 18.0 Å². The van der Waals surface area contributed by atoms with Crippen LogP contribution in [0.3, 0.4) is 0 Å². The predicted molar refractivity (Wildman–Crippen MR) is 89.0 cm³/mol. The Hall–Kier alpha value is -1.95. The van der Waals surface area contributed by atoms with Crippen molar-refractivity contribution < 1.29 is 9.59 Å². The van der Waals surface area contributed by atoms with E-state index in [1.54, 1.807) is 6.20 Å². The molecule has 6 nitrogen and oxygen atoms in total. The second-order valence-corrected chi connectivity index (χ2v) is 7.20. The van der Waals surface area contributed by atoms with Gasteiger partial charge in [-0.05, 0) is 37.3 Å². The van der Waals surface area contributed by atoms with Gasteiger partial charge in [-0.3, -0.25) is 14.7 Å². The first-order valence-electron chi connectivity index (χ1n) is 8.98. The van der Waals surface area contributed by atoms with Gasteiger partial charge in [-0.2, -0.15) is 0 Å². The van der Waals surface area contributed by atoms with E-state index in [2.05, 4.69) is 21.3 Å². The van der Waals surface area contributed by atoms with E-state index in [0.29, 0.717) is 6.67 Å². The number of nitrogens with zero attached hydrogens (tertiary/aromatic N) is 3. The quantitative estimate of drug-likeness (QED) is 0.866. The van der Waals surface area contributed by atoms with Gasteiger partial charge in [-0.15, -0.1) is 0 Å². The fourth-order valence-electron chi connectivity index (χ4n) is 4.43. The molecule has 6 heteroatoms. The number of pyridine rings is 1. The highest BCUT2D eigenvalue weighted by Gasteiger charge is 2.51. The lowest BCUT2D eigenvalue weighted by molar-refractivity contribution is -0.134. The molecular weight excluding hydrogens is 304 g/mol. The number of urea groups is 1. The summed E-state index contributed by atoms with van der Waals surface area (Å²) >= 11 is 0. The van der Waals surface area contributed by atoms with Crippen LogP contribution in [0.25, 0.3) is 0 Å². The summed E-state index contributed by atoms with van der Waals surface area (Å²) in [6.45, 7) is 1.29. The molecule has 128 valence electrons. The van der Waals surface area contributed by atoms with Gasteiger partial charge in [0.2, 0.25) is 0 Å². The van der Waals surface area contributed by atoms with Crippen LogP contribution < -0.4 is 5.32 Å². The Kier molecular flexibility index (Phi) is 4.00. The van der Waals surface area contributed by atoms with Crippen molar-refractivity contribution >= 4 is 11.9 Å². The number of amides is 3. The van der Waals surface area contributed by atoms with Gasteiger partial charge in [0.15, 0.2) is 0 Å². The van der Waals surface area contributed by atoms with Gasteiger partial charge >= 0.3 is 6.03 Å².